The Labute approximate surface area is 116 Å². The van der Waals surface area contributed by atoms with Gasteiger partial charge in [-0.15, -0.1) is 11.3 Å². The van der Waals surface area contributed by atoms with Crippen molar-refractivity contribution in [3.63, 3.8) is 0 Å². The van der Waals surface area contributed by atoms with Crippen LogP contribution in [0.3, 0.4) is 0 Å². The summed E-state index contributed by atoms with van der Waals surface area (Å²) < 4.78 is 0.858. The van der Waals surface area contributed by atoms with Gasteiger partial charge in [0.2, 0.25) is 0 Å². The maximum Gasteiger partial charge on any atom is 0.267 e. The van der Waals surface area contributed by atoms with Crippen LogP contribution >= 0.6 is 38.9 Å². The van der Waals surface area contributed by atoms with Crippen molar-refractivity contribution in [2.45, 2.75) is 0 Å². The zero-order chi connectivity index (χ0) is 12.4. The van der Waals surface area contributed by atoms with Gasteiger partial charge in [0.15, 0.2) is 0 Å². The van der Waals surface area contributed by atoms with Gasteiger partial charge in [0.1, 0.15) is 4.88 Å². The van der Waals surface area contributed by atoms with Crippen molar-refractivity contribution in [2.24, 2.45) is 0 Å². The summed E-state index contributed by atoms with van der Waals surface area (Å²) in [5, 5.41) is 4.97. The van der Waals surface area contributed by atoms with Gasteiger partial charge in [0.25, 0.3) is 5.91 Å². The third kappa shape index (κ3) is 2.80. The van der Waals surface area contributed by atoms with Gasteiger partial charge >= 0.3 is 0 Å². The van der Waals surface area contributed by atoms with Gasteiger partial charge in [-0.2, -0.15) is 0 Å². The van der Waals surface area contributed by atoms with Crippen molar-refractivity contribution in [3.8, 4) is 0 Å². The molecule has 1 aromatic heterocycles. The predicted octanol–water partition coefficient (Wildman–Crippen LogP) is 4.00. The second-order valence-corrected chi connectivity index (χ2v) is 5.52. The molecule has 0 spiro atoms. The van der Waals surface area contributed by atoms with Gasteiger partial charge < -0.3 is 11.1 Å². The zero-order valence-electron chi connectivity index (χ0n) is 8.54. The van der Waals surface area contributed by atoms with E-state index in [0.717, 1.165) is 4.47 Å². The van der Waals surface area contributed by atoms with Gasteiger partial charge in [-0.1, -0.05) is 27.5 Å². The normalized spacial score (nSPS) is 10.2. The number of nitrogens with two attached hydrogens (primary N) is 1. The first-order valence-electron chi connectivity index (χ1n) is 4.67. The molecule has 0 aliphatic heterocycles. The first-order valence-corrected chi connectivity index (χ1v) is 6.72. The molecule has 0 unspecified atom stereocenters. The lowest BCUT2D eigenvalue weighted by Crippen LogP contribution is -2.12. The zero-order valence-corrected chi connectivity index (χ0v) is 11.7. The van der Waals surface area contributed by atoms with Crippen molar-refractivity contribution in [1.29, 1.82) is 0 Å². The lowest BCUT2D eigenvalue weighted by atomic mass is 10.3. The summed E-state index contributed by atoms with van der Waals surface area (Å²) in [6.07, 6.45) is 0. The van der Waals surface area contributed by atoms with Crippen LogP contribution in [0.15, 0.2) is 34.1 Å². The molecule has 3 N–H and O–H groups in total. The molecule has 0 aliphatic carbocycles. The maximum absolute atomic E-state index is 11.9. The van der Waals surface area contributed by atoms with Crippen molar-refractivity contribution in [3.05, 3.63) is 44.0 Å². The largest absolute Gasteiger partial charge is 0.397 e. The van der Waals surface area contributed by atoms with E-state index >= 15 is 0 Å². The number of hydrogen-bond donors (Lipinski definition) is 2. The number of benzene rings is 1. The molecule has 0 radical (unpaired) electrons. The number of carbonyl (C=O) groups is 1. The van der Waals surface area contributed by atoms with Crippen LogP contribution in [0.2, 0.25) is 5.02 Å². The fourth-order valence-electron chi connectivity index (χ4n) is 1.27. The van der Waals surface area contributed by atoms with Crippen LogP contribution in [0.1, 0.15) is 9.67 Å². The van der Waals surface area contributed by atoms with E-state index in [0.29, 0.717) is 21.3 Å². The van der Waals surface area contributed by atoms with Crippen LogP contribution in [-0.2, 0) is 0 Å². The molecule has 0 atom stereocenters. The molecule has 0 bridgehead atoms. The maximum atomic E-state index is 11.9. The average Bonchev–Trinajstić information content (AvgIpc) is 2.68. The van der Waals surface area contributed by atoms with Crippen LogP contribution in [0.5, 0.6) is 0 Å². The Morgan fingerprint density at radius 1 is 1.41 bits per heavy atom. The number of nitrogen functional groups attached to an aromatic ring is 1. The van der Waals surface area contributed by atoms with Gasteiger partial charge in [0, 0.05) is 4.47 Å². The van der Waals surface area contributed by atoms with E-state index in [-0.39, 0.29) is 5.91 Å². The van der Waals surface area contributed by atoms with E-state index in [4.69, 9.17) is 17.3 Å². The lowest BCUT2D eigenvalue weighted by molar-refractivity contribution is 0.103. The van der Waals surface area contributed by atoms with Crippen LogP contribution < -0.4 is 11.1 Å². The molecule has 1 aromatic carbocycles. The van der Waals surface area contributed by atoms with Gasteiger partial charge in [-0.05, 0) is 29.6 Å². The molecular formula is C11H8BrClN2OS. The van der Waals surface area contributed by atoms with Crippen molar-refractivity contribution < 1.29 is 4.79 Å². The number of amides is 1. The van der Waals surface area contributed by atoms with Crippen LogP contribution in [-0.4, -0.2) is 5.91 Å². The number of anilines is 2. The molecule has 2 rings (SSSR count). The third-order valence-corrected chi connectivity index (χ3v) is 3.82. The minimum atomic E-state index is -0.248. The number of carbonyl (C=O) groups excluding carboxylic acids is 1. The molecule has 6 heteroatoms. The lowest BCUT2D eigenvalue weighted by Gasteiger charge is -2.06. The predicted molar refractivity (Wildman–Crippen MR) is 75.8 cm³/mol. The smallest absolute Gasteiger partial charge is 0.267 e. The summed E-state index contributed by atoms with van der Waals surface area (Å²) >= 11 is 10.6. The second kappa shape index (κ2) is 5.08. The first kappa shape index (κ1) is 12.4. The Balaban J connectivity index is 2.22. The highest BCUT2D eigenvalue weighted by molar-refractivity contribution is 9.10. The molecule has 1 amide bonds. The summed E-state index contributed by atoms with van der Waals surface area (Å²) in [7, 11) is 0. The highest BCUT2D eigenvalue weighted by Crippen LogP contribution is 2.27. The van der Waals surface area contributed by atoms with E-state index in [1.54, 1.807) is 29.6 Å². The molecule has 0 fully saturated rings. The third-order valence-electron chi connectivity index (χ3n) is 2.08. The first-order chi connectivity index (χ1) is 8.08. The van der Waals surface area contributed by atoms with Gasteiger partial charge in [-0.25, -0.2) is 0 Å². The Morgan fingerprint density at radius 3 is 2.76 bits per heavy atom. The summed E-state index contributed by atoms with van der Waals surface area (Å²) in [5.41, 5.74) is 6.70. The number of nitrogens with one attached hydrogen (secondary N) is 1. The summed E-state index contributed by atoms with van der Waals surface area (Å²) in [4.78, 5) is 12.4. The second-order valence-electron chi connectivity index (χ2n) is 3.28. The van der Waals surface area contributed by atoms with Crippen molar-refractivity contribution in [2.75, 3.05) is 11.1 Å². The number of rotatable bonds is 2. The van der Waals surface area contributed by atoms with Crippen LogP contribution in [0.4, 0.5) is 11.4 Å². The highest BCUT2D eigenvalue weighted by Gasteiger charge is 2.12. The van der Waals surface area contributed by atoms with Crippen molar-refractivity contribution in [1.82, 2.24) is 0 Å². The van der Waals surface area contributed by atoms with Gasteiger partial charge in [-0.3, -0.25) is 4.79 Å². The monoisotopic (exact) mass is 330 g/mol. The molecule has 3 nitrogen and oxygen atoms in total. The molecular weight excluding hydrogens is 324 g/mol. The fourth-order valence-corrected chi connectivity index (χ4v) is 2.71. The molecule has 17 heavy (non-hydrogen) atoms. The SMILES string of the molecule is Nc1ccsc1C(=O)Nc1ccc(Br)cc1Cl. The fraction of sp³-hybridized carbons (Fsp3) is 0. The Bertz CT molecular complexity index is 570. The Hall–Kier alpha value is -1.04. The molecule has 0 aliphatic rings. The highest BCUT2D eigenvalue weighted by atomic mass is 79.9. The summed E-state index contributed by atoms with van der Waals surface area (Å²) in [5.74, 6) is -0.248. The Kier molecular flexibility index (Phi) is 3.71. The van der Waals surface area contributed by atoms with E-state index in [2.05, 4.69) is 21.2 Å². The molecule has 0 saturated heterocycles. The molecule has 1 heterocycles. The number of thiophene rings is 1. The molecule has 0 saturated carbocycles. The minimum Gasteiger partial charge on any atom is -0.397 e. The van der Waals surface area contributed by atoms with E-state index < -0.39 is 0 Å². The van der Waals surface area contributed by atoms with Crippen LogP contribution in [0, 0.1) is 0 Å². The van der Waals surface area contributed by atoms with Crippen LogP contribution in [0.25, 0.3) is 0 Å². The Morgan fingerprint density at radius 2 is 2.18 bits per heavy atom. The number of halogens is 2. The van der Waals surface area contributed by atoms with E-state index in [1.807, 2.05) is 0 Å². The van der Waals surface area contributed by atoms with Crippen molar-refractivity contribution >= 4 is 56.1 Å². The minimum absolute atomic E-state index is 0.248. The van der Waals surface area contributed by atoms with Gasteiger partial charge in [0.05, 0.1) is 16.4 Å². The number of hydrogen-bond acceptors (Lipinski definition) is 3. The molecule has 2 aromatic rings. The quantitative estimate of drug-likeness (QED) is 0.874. The van der Waals surface area contributed by atoms with E-state index in [9.17, 15) is 4.79 Å². The summed E-state index contributed by atoms with van der Waals surface area (Å²) in [6, 6.07) is 6.95. The summed E-state index contributed by atoms with van der Waals surface area (Å²) in [6.45, 7) is 0. The van der Waals surface area contributed by atoms with E-state index in [1.165, 1.54) is 11.3 Å². The topological polar surface area (TPSA) is 55.1 Å². The molecule has 88 valence electrons. The standard InChI is InChI=1S/C11H8BrClN2OS/c12-6-1-2-9(7(13)5-6)15-11(16)10-8(14)3-4-17-10/h1-5H,14H2,(H,15,16). The average molecular weight is 332 g/mol.